The van der Waals surface area contributed by atoms with Gasteiger partial charge in [-0.2, -0.15) is 0 Å². The van der Waals surface area contributed by atoms with Crippen LogP contribution in [-0.4, -0.2) is 273 Å². The maximum absolute atomic E-state index is 12.1. The topological polar surface area (TPSA) is 436 Å². The van der Waals surface area contributed by atoms with Gasteiger partial charge in [0.15, 0.2) is 18.9 Å². The predicted octanol–water partition coefficient (Wildman–Crippen LogP) is -6.54. The van der Waals surface area contributed by atoms with Crippen LogP contribution >= 0.6 is 0 Å². The molecule has 0 saturated carbocycles. The summed E-state index contributed by atoms with van der Waals surface area (Å²) >= 11 is 0. The highest BCUT2D eigenvalue weighted by molar-refractivity contribution is 5.52. The van der Waals surface area contributed by atoms with Crippen molar-refractivity contribution >= 4 is 0 Å². The summed E-state index contributed by atoms with van der Waals surface area (Å²) in [6.45, 7) is -0.349. The second kappa shape index (κ2) is 26.7. The van der Waals surface area contributed by atoms with E-state index >= 15 is 0 Å². The molecule has 0 unspecified atom stereocenters. The van der Waals surface area contributed by atoms with Crippen molar-refractivity contribution in [3.8, 4) is 11.5 Å². The normalized spacial score (nSPS) is 44.8. The van der Waals surface area contributed by atoms with Crippen LogP contribution in [0.5, 0.6) is 11.5 Å². The molecule has 17 N–H and O–H groups in total. The van der Waals surface area contributed by atoms with Crippen molar-refractivity contribution in [3.63, 3.8) is 0 Å². The van der Waals surface area contributed by atoms with E-state index in [2.05, 4.69) is 0 Å². The Balaban J connectivity index is 1.21. The van der Waals surface area contributed by atoms with Crippen LogP contribution < -0.4 is 9.47 Å². The SMILES string of the molecule is CCCCCc1cc(O[C@H]2O[C@@H](CO)[C@H](O)[C@@H](O[C@H]3O[C@@H](CO)[C@H](O)[C@@H](O)[C@@H]3O)[C@@H]2O)c([C@@H]2C=C(C)CCC2)c(O[C@@H]2O[C@H](CO)[C@@H](O)[C@H](O[C@@H]3O[C@H](CO)[C@@H](O)[C@H](O[C@@H]4O[C@H](CO)[C@@H](O)[C@H](O)[C@H]4O)[C@H]3O)[C@H]2O)c1. The molecule has 1 aromatic carbocycles. The second-order valence-electron chi connectivity index (χ2n) is 20.0. The van der Waals surface area contributed by atoms with Gasteiger partial charge in [-0.1, -0.05) is 31.4 Å². The van der Waals surface area contributed by atoms with E-state index in [9.17, 15) is 86.8 Å². The maximum atomic E-state index is 12.1. The lowest BCUT2D eigenvalue weighted by Gasteiger charge is -2.48. The van der Waals surface area contributed by atoms with Gasteiger partial charge < -0.3 is 134 Å². The molecule has 27 heteroatoms. The van der Waals surface area contributed by atoms with Gasteiger partial charge in [0.1, 0.15) is 134 Å². The third kappa shape index (κ3) is 13.1. The summed E-state index contributed by atoms with van der Waals surface area (Å²) in [5, 5.41) is 183. The van der Waals surface area contributed by atoms with Crippen molar-refractivity contribution in [2.45, 2.75) is 218 Å². The number of rotatable bonds is 20. The molecule has 0 radical (unpaired) electrons. The smallest absolute Gasteiger partial charge is 0.229 e. The van der Waals surface area contributed by atoms with E-state index in [0.717, 1.165) is 24.8 Å². The number of aliphatic hydroxyl groups excluding tert-OH is 17. The molecule has 26 atom stereocenters. The molecule has 0 bridgehead atoms. The third-order valence-corrected chi connectivity index (χ3v) is 14.7. The highest BCUT2D eigenvalue weighted by Crippen LogP contribution is 2.45. The molecule has 1 aliphatic carbocycles. The van der Waals surface area contributed by atoms with Gasteiger partial charge in [0.05, 0.1) is 33.0 Å². The third-order valence-electron chi connectivity index (χ3n) is 14.7. The van der Waals surface area contributed by atoms with Gasteiger partial charge in [-0.25, -0.2) is 0 Å². The van der Waals surface area contributed by atoms with Gasteiger partial charge in [-0.05, 0) is 56.7 Å². The highest BCUT2D eigenvalue weighted by atomic mass is 16.8. The average Bonchev–Trinajstić information content (AvgIpc) is 3.39. The summed E-state index contributed by atoms with van der Waals surface area (Å²) in [7, 11) is 0. The molecule has 6 aliphatic rings. The fourth-order valence-electron chi connectivity index (χ4n) is 10.3. The van der Waals surface area contributed by atoms with E-state index in [1.807, 2.05) is 19.9 Å². The van der Waals surface area contributed by atoms with Crippen LogP contribution in [0, 0.1) is 0 Å². The first-order chi connectivity index (χ1) is 35.8. The van der Waals surface area contributed by atoms with Crippen LogP contribution in [0.2, 0.25) is 0 Å². The van der Waals surface area contributed by atoms with Gasteiger partial charge >= 0.3 is 0 Å². The Morgan fingerprint density at radius 3 is 1.19 bits per heavy atom. The molecule has 75 heavy (non-hydrogen) atoms. The predicted molar refractivity (Wildman–Crippen MR) is 247 cm³/mol. The van der Waals surface area contributed by atoms with Crippen LogP contribution in [-0.2, 0) is 44.3 Å². The van der Waals surface area contributed by atoms with Crippen molar-refractivity contribution < 1.29 is 134 Å². The summed E-state index contributed by atoms with van der Waals surface area (Å²) in [5.74, 6) is -0.419. The van der Waals surface area contributed by atoms with E-state index in [4.69, 9.17) is 47.4 Å². The first kappa shape index (κ1) is 60.2. The Labute approximate surface area is 431 Å². The Morgan fingerprint density at radius 2 is 0.813 bits per heavy atom. The van der Waals surface area contributed by atoms with Crippen molar-refractivity contribution in [1.29, 1.82) is 0 Å². The molecule has 0 aromatic heterocycles. The summed E-state index contributed by atoms with van der Waals surface area (Å²) < 4.78 is 59.1. The quantitative estimate of drug-likeness (QED) is 0.0426. The van der Waals surface area contributed by atoms with Crippen LogP contribution in [0.25, 0.3) is 0 Å². The minimum absolute atomic E-state index is 0.0365. The lowest BCUT2D eigenvalue weighted by atomic mass is 9.84. The number of benzene rings is 1. The Bertz CT molecular complexity index is 1960. The summed E-state index contributed by atoms with van der Waals surface area (Å²) in [6.07, 6.45) is -38.4. The molecule has 27 nitrogen and oxygen atoms in total. The van der Waals surface area contributed by atoms with E-state index in [1.54, 1.807) is 12.1 Å². The molecule has 0 spiro atoms. The van der Waals surface area contributed by atoms with Gasteiger partial charge in [0, 0.05) is 11.5 Å². The van der Waals surface area contributed by atoms with E-state index in [0.29, 0.717) is 36.8 Å². The molecule has 5 fully saturated rings. The second-order valence-corrected chi connectivity index (χ2v) is 20.0. The van der Waals surface area contributed by atoms with Crippen molar-refractivity contribution in [2.24, 2.45) is 0 Å². The van der Waals surface area contributed by atoms with Crippen LogP contribution in [0.1, 0.15) is 69.4 Å². The van der Waals surface area contributed by atoms with Crippen molar-refractivity contribution in [1.82, 2.24) is 0 Å². The zero-order chi connectivity index (χ0) is 54.6. The van der Waals surface area contributed by atoms with Crippen LogP contribution in [0.3, 0.4) is 0 Å². The number of unbranched alkanes of at least 4 members (excludes halogenated alkanes) is 2. The van der Waals surface area contributed by atoms with Crippen LogP contribution in [0.4, 0.5) is 0 Å². The van der Waals surface area contributed by atoms with Gasteiger partial charge in [-0.15, -0.1) is 0 Å². The maximum Gasteiger partial charge on any atom is 0.229 e. The number of aliphatic hydroxyl groups is 17. The molecule has 430 valence electrons. The number of hydrogen-bond acceptors (Lipinski definition) is 27. The monoisotopic (exact) mass is 1080 g/mol. The Morgan fingerprint density at radius 1 is 0.453 bits per heavy atom. The van der Waals surface area contributed by atoms with E-state index in [-0.39, 0.29) is 11.5 Å². The largest absolute Gasteiger partial charge is 0.462 e. The fraction of sp³-hybridized carbons (Fsp3) is 0.833. The summed E-state index contributed by atoms with van der Waals surface area (Å²) in [6, 6.07) is 3.35. The minimum atomic E-state index is -2.08. The number of ether oxygens (including phenoxy) is 10. The zero-order valence-electron chi connectivity index (χ0n) is 41.4. The van der Waals surface area contributed by atoms with Crippen molar-refractivity contribution in [2.75, 3.05) is 33.0 Å². The van der Waals surface area contributed by atoms with Gasteiger partial charge in [-0.3, -0.25) is 0 Å². The first-order valence-corrected chi connectivity index (χ1v) is 25.4. The molecular weight excluding hydrogens is 1010 g/mol. The van der Waals surface area contributed by atoms with Gasteiger partial charge in [0.25, 0.3) is 0 Å². The molecule has 5 aliphatic heterocycles. The molecule has 5 saturated heterocycles. The number of hydrogen-bond donors (Lipinski definition) is 17. The number of allylic oxidation sites excluding steroid dienone is 2. The average molecular weight is 1090 g/mol. The summed E-state index contributed by atoms with van der Waals surface area (Å²) in [4.78, 5) is 0. The molecular formula is C48H76O27. The lowest BCUT2D eigenvalue weighted by molar-refractivity contribution is -0.378. The van der Waals surface area contributed by atoms with E-state index < -0.39 is 192 Å². The molecule has 0 amide bonds. The standard InChI is InChI=1S/C48H76O27/c1-3-4-5-8-19-11-21(66-46-38(63)41(31(56)25(15-51)70-46)73-44-36(61)34(59)29(54)23(13-49)68-44)28(20-9-6-7-18(2)10-20)22(12-19)67-47-39(64)42(32(57)26(16-52)71-47)75-48-40(65)43(33(58)27(17-53)72-48)74-45-37(62)35(60)30(55)24(14-50)69-45/h10-12,20,23-27,29-65H,3-9,13-17H2,1-2H3/t20-,23-,24+,25-,26+,27+,29-,30+,31-,32+,33+,34+,35-,36-,37+,38-,39+,40+,41+,42-,43-,44+,45-,46-,47+,48-/m0/s1. The minimum Gasteiger partial charge on any atom is -0.462 e. The first-order valence-electron chi connectivity index (χ1n) is 25.4. The molecule has 7 rings (SSSR count). The fourth-order valence-corrected chi connectivity index (χ4v) is 10.3. The Kier molecular flexibility index (Phi) is 21.4. The lowest BCUT2D eigenvalue weighted by Crippen LogP contribution is -2.67. The summed E-state index contributed by atoms with van der Waals surface area (Å²) in [5.41, 5.74) is 1.90. The highest BCUT2D eigenvalue weighted by Gasteiger charge is 2.55. The van der Waals surface area contributed by atoms with Crippen LogP contribution in [0.15, 0.2) is 23.8 Å². The molecule has 5 heterocycles. The number of aryl methyl sites for hydroxylation is 1. The van der Waals surface area contributed by atoms with E-state index in [1.165, 1.54) is 0 Å². The zero-order valence-corrected chi connectivity index (χ0v) is 41.4. The Hall–Kier alpha value is -2.44. The molecule has 1 aromatic rings. The van der Waals surface area contributed by atoms with Gasteiger partial charge in [0.2, 0.25) is 12.6 Å². The van der Waals surface area contributed by atoms with Crippen molar-refractivity contribution in [3.05, 3.63) is 34.9 Å².